The van der Waals surface area contributed by atoms with E-state index in [4.69, 9.17) is 4.74 Å². The van der Waals surface area contributed by atoms with Gasteiger partial charge in [-0.3, -0.25) is 4.79 Å². The van der Waals surface area contributed by atoms with E-state index < -0.39 is 0 Å². The first-order valence-electron chi connectivity index (χ1n) is 5.38. The lowest BCUT2D eigenvalue weighted by Crippen LogP contribution is -2.35. The normalized spacial score (nSPS) is 10.6. The van der Waals surface area contributed by atoms with Crippen LogP contribution >= 0.6 is 27.3 Å². The van der Waals surface area contributed by atoms with Crippen LogP contribution in [0.5, 0.6) is 0 Å². The van der Waals surface area contributed by atoms with Gasteiger partial charge in [0, 0.05) is 25.5 Å². The highest BCUT2D eigenvalue weighted by atomic mass is 79.9. The van der Waals surface area contributed by atoms with Gasteiger partial charge >= 0.3 is 0 Å². The summed E-state index contributed by atoms with van der Waals surface area (Å²) < 4.78 is 5.02. The van der Waals surface area contributed by atoms with E-state index in [1.54, 1.807) is 12.0 Å². The predicted octanol–water partition coefficient (Wildman–Crippen LogP) is 2.24. The van der Waals surface area contributed by atoms with E-state index in [-0.39, 0.29) is 5.91 Å². The summed E-state index contributed by atoms with van der Waals surface area (Å²) in [5, 5.41) is 1.69. The smallest absolute Gasteiger partial charge is 0.265 e. The summed E-state index contributed by atoms with van der Waals surface area (Å²) in [6.07, 6.45) is 0. The SMILES string of the molecule is COCCN(CCBr)C(=O)c1sc(C)nc1C. The zero-order chi connectivity index (χ0) is 12.8. The zero-order valence-electron chi connectivity index (χ0n) is 10.3. The lowest BCUT2D eigenvalue weighted by atomic mass is 10.3. The first-order valence-corrected chi connectivity index (χ1v) is 7.32. The summed E-state index contributed by atoms with van der Waals surface area (Å²) in [7, 11) is 1.64. The van der Waals surface area contributed by atoms with Crippen LogP contribution in [0.15, 0.2) is 0 Å². The molecule has 0 bridgehead atoms. The molecule has 0 saturated heterocycles. The Morgan fingerprint density at radius 3 is 2.65 bits per heavy atom. The van der Waals surface area contributed by atoms with E-state index in [1.165, 1.54) is 11.3 Å². The van der Waals surface area contributed by atoms with Gasteiger partial charge in [0.15, 0.2) is 0 Å². The Hall–Kier alpha value is -0.460. The number of methoxy groups -OCH3 is 1. The second-order valence-electron chi connectivity index (χ2n) is 3.62. The molecule has 1 heterocycles. The van der Waals surface area contributed by atoms with Crippen LogP contribution in [0.1, 0.15) is 20.4 Å². The number of aromatic nitrogens is 1. The third-order valence-electron chi connectivity index (χ3n) is 2.30. The topological polar surface area (TPSA) is 42.4 Å². The minimum absolute atomic E-state index is 0.0459. The number of hydrogen-bond donors (Lipinski definition) is 0. The quantitative estimate of drug-likeness (QED) is 0.755. The van der Waals surface area contributed by atoms with Crippen LogP contribution < -0.4 is 0 Å². The van der Waals surface area contributed by atoms with Gasteiger partial charge in [0.25, 0.3) is 5.91 Å². The van der Waals surface area contributed by atoms with Crippen molar-refractivity contribution in [1.82, 2.24) is 9.88 Å². The largest absolute Gasteiger partial charge is 0.383 e. The second-order valence-corrected chi connectivity index (χ2v) is 5.62. The molecule has 6 heteroatoms. The number of carbonyl (C=O) groups is 1. The monoisotopic (exact) mass is 320 g/mol. The maximum Gasteiger partial charge on any atom is 0.265 e. The first-order chi connectivity index (χ1) is 8.10. The molecule has 1 aromatic rings. The summed E-state index contributed by atoms with van der Waals surface area (Å²) in [6, 6.07) is 0. The van der Waals surface area contributed by atoms with Crippen molar-refractivity contribution < 1.29 is 9.53 Å². The average Bonchev–Trinajstić information content (AvgIpc) is 2.63. The Kier molecular flexibility index (Phi) is 6.08. The Morgan fingerprint density at radius 2 is 2.18 bits per heavy atom. The molecule has 96 valence electrons. The van der Waals surface area contributed by atoms with E-state index in [2.05, 4.69) is 20.9 Å². The van der Waals surface area contributed by atoms with Crippen molar-refractivity contribution in [1.29, 1.82) is 0 Å². The van der Waals surface area contributed by atoms with Gasteiger partial charge in [0.05, 0.1) is 17.3 Å². The third kappa shape index (κ3) is 4.04. The fourth-order valence-corrected chi connectivity index (χ4v) is 2.81. The molecule has 0 aromatic carbocycles. The van der Waals surface area contributed by atoms with Crippen LogP contribution in [-0.4, -0.2) is 47.9 Å². The lowest BCUT2D eigenvalue weighted by molar-refractivity contribution is 0.0712. The van der Waals surface area contributed by atoms with Crippen molar-refractivity contribution in [3.05, 3.63) is 15.6 Å². The maximum atomic E-state index is 12.3. The van der Waals surface area contributed by atoms with Gasteiger partial charge in [-0.1, -0.05) is 15.9 Å². The van der Waals surface area contributed by atoms with Crippen molar-refractivity contribution in [2.75, 3.05) is 32.1 Å². The minimum atomic E-state index is 0.0459. The van der Waals surface area contributed by atoms with Crippen molar-refractivity contribution in [2.24, 2.45) is 0 Å². The average molecular weight is 321 g/mol. The number of nitrogens with zero attached hydrogens (tertiary/aromatic N) is 2. The van der Waals surface area contributed by atoms with E-state index >= 15 is 0 Å². The number of aryl methyl sites for hydroxylation is 2. The van der Waals surface area contributed by atoms with Gasteiger partial charge in [-0.15, -0.1) is 11.3 Å². The minimum Gasteiger partial charge on any atom is -0.383 e. The summed E-state index contributed by atoms with van der Waals surface area (Å²) in [4.78, 5) is 19.1. The number of amides is 1. The summed E-state index contributed by atoms with van der Waals surface area (Å²) in [6.45, 7) is 5.63. The Labute approximate surface area is 114 Å². The van der Waals surface area contributed by atoms with Crippen LogP contribution in [0.4, 0.5) is 0 Å². The van der Waals surface area contributed by atoms with Crippen LogP contribution in [-0.2, 0) is 4.74 Å². The van der Waals surface area contributed by atoms with Gasteiger partial charge in [-0.25, -0.2) is 4.98 Å². The molecule has 0 saturated carbocycles. The van der Waals surface area contributed by atoms with Crippen molar-refractivity contribution in [2.45, 2.75) is 13.8 Å². The summed E-state index contributed by atoms with van der Waals surface area (Å²) in [5.41, 5.74) is 0.814. The molecule has 0 aliphatic rings. The molecule has 0 unspecified atom stereocenters. The fourth-order valence-electron chi connectivity index (χ4n) is 1.49. The number of alkyl halides is 1. The van der Waals surface area contributed by atoms with Crippen molar-refractivity contribution >= 4 is 33.2 Å². The van der Waals surface area contributed by atoms with Gasteiger partial charge in [0.2, 0.25) is 0 Å². The van der Waals surface area contributed by atoms with Gasteiger partial charge in [-0.05, 0) is 13.8 Å². The molecule has 17 heavy (non-hydrogen) atoms. The zero-order valence-corrected chi connectivity index (χ0v) is 12.7. The van der Waals surface area contributed by atoms with E-state index in [0.717, 1.165) is 20.9 Å². The van der Waals surface area contributed by atoms with Crippen molar-refractivity contribution in [3.8, 4) is 0 Å². The van der Waals surface area contributed by atoms with E-state index in [9.17, 15) is 4.79 Å². The Morgan fingerprint density at radius 1 is 1.47 bits per heavy atom. The highest BCUT2D eigenvalue weighted by Crippen LogP contribution is 2.19. The number of ether oxygens (including phenoxy) is 1. The molecule has 4 nitrogen and oxygen atoms in total. The Balaban J connectivity index is 2.79. The third-order valence-corrected chi connectivity index (χ3v) is 3.72. The first kappa shape index (κ1) is 14.6. The summed E-state index contributed by atoms with van der Waals surface area (Å²) >= 11 is 4.81. The highest BCUT2D eigenvalue weighted by molar-refractivity contribution is 9.09. The van der Waals surface area contributed by atoms with Crippen LogP contribution in [0.2, 0.25) is 0 Å². The lowest BCUT2D eigenvalue weighted by Gasteiger charge is -2.20. The number of halogens is 1. The maximum absolute atomic E-state index is 12.3. The predicted molar refractivity (Wildman–Crippen MR) is 73.2 cm³/mol. The molecule has 1 rings (SSSR count). The van der Waals surface area contributed by atoms with Crippen LogP contribution in [0.3, 0.4) is 0 Å². The molecule has 0 N–H and O–H groups in total. The van der Waals surface area contributed by atoms with Gasteiger partial charge < -0.3 is 9.64 Å². The van der Waals surface area contributed by atoms with E-state index in [1.807, 2.05) is 13.8 Å². The molecule has 0 spiro atoms. The number of thiazole rings is 1. The number of hydrogen-bond acceptors (Lipinski definition) is 4. The number of carbonyl (C=O) groups excluding carboxylic acids is 1. The molecule has 0 fully saturated rings. The second kappa shape index (κ2) is 7.08. The standard InChI is InChI=1S/C11H17BrN2O2S/c1-8-10(17-9(2)13-8)11(15)14(5-4-12)6-7-16-3/h4-7H2,1-3H3. The van der Waals surface area contributed by atoms with Gasteiger partial charge in [0.1, 0.15) is 4.88 Å². The molecule has 0 aliphatic carbocycles. The molecule has 1 amide bonds. The Bertz CT molecular complexity index is 382. The van der Waals surface area contributed by atoms with Crippen molar-refractivity contribution in [3.63, 3.8) is 0 Å². The number of rotatable bonds is 6. The van der Waals surface area contributed by atoms with Gasteiger partial charge in [-0.2, -0.15) is 0 Å². The van der Waals surface area contributed by atoms with E-state index in [0.29, 0.717) is 19.7 Å². The molecular weight excluding hydrogens is 304 g/mol. The van der Waals surface area contributed by atoms with Crippen LogP contribution in [0.25, 0.3) is 0 Å². The highest BCUT2D eigenvalue weighted by Gasteiger charge is 2.19. The summed E-state index contributed by atoms with van der Waals surface area (Å²) in [5.74, 6) is 0.0459. The molecule has 0 aliphatic heterocycles. The van der Waals surface area contributed by atoms with Crippen LogP contribution in [0, 0.1) is 13.8 Å². The fraction of sp³-hybridized carbons (Fsp3) is 0.636. The molecule has 0 atom stereocenters. The molecule has 1 aromatic heterocycles. The molecular formula is C11H17BrN2O2S. The molecule has 0 radical (unpaired) electrons.